The molecule has 6 heteroatoms. The van der Waals surface area contributed by atoms with Crippen LogP contribution in [0.3, 0.4) is 0 Å². The molecule has 0 saturated carbocycles. The average molecular weight is 266 g/mol. The fourth-order valence-electron chi connectivity index (χ4n) is 2.09. The Bertz CT molecular complexity index is 519. The molecule has 1 aromatic rings. The normalized spacial score (nSPS) is 19.3. The highest BCUT2D eigenvalue weighted by Crippen LogP contribution is 2.14. The summed E-state index contributed by atoms with van der Waals surface area (Å²) in [5.41, 5.74) is 0.961. The van der Waals surface area contributed by atoms with E-state index in [-0.39, 0.29) is 18.0 Å². The van der Waals surface area contributed by atoms with Gasteiger partial charge in [-0.2, -0.15) is 0 Å². The summed E-state index contributed by atoms with van der Waals surface area (Å²) >= 11 is 0. The number of carbonyl (C=O) groups is 2. The van der Waals surface area contributed by atoms with Crippen LogP contribution in [0.5, 0.6) is 0 Å². The minimum absolute atomic E-state index is 0.0874. The molecular weight excluding hydrogens is 251 g/mol. The average Bonchev–Trinajstić information content (AvgIpc) is 2.41. The van der Waals surface area contributed by atoms with Crippen LogP contribution >= 0.6 is 0 Å². The lowest BCUT2D eigenvalue weighted by atomic mass is 10.1. The molecule has 0 radical (unpaired) electrons. The number of piperazine rings is 1. The summed E-state index contributed by atoms with van der Waals surface area (Å²) in [4.78, 5) is 24.6. The highest BCUT2D eigenvalue weighted by atomic mass is 19.1. The molecule has 19 heavy (non-hydrogen) atoms. The topological polar surface area (TPSA) is 69.6 Å². The number of rotatable bonds is 2. The maximum Gasteiger partial charge on any atom is 0.322 e. The van der Waals surface area contributed by atoms with E-state index in [1.807, 2.05) is 0 Å². The van der Waals surface area contributed by atoms with Gasteiger partial charge in [-0.25, -0.2) is 4.39 Å². The molecule has 0 bridgehead atoms. The number of nitrogens with one attached hydrogen (secondary N) is 1. The molecule has 102 valence electrons. The van der Waals surface area contributed by atoms with Gasteiger partial charge in [0.05, 0.1) is 0 Å². The van der Waals surface area contributed by atoms with Crippen molar-refractivity contribution in [3.63, 3.8) is 0 Å². The largest absolute Gasteiger partial charge is 0.480 e. The number of hydrogen-bond acceptors (Lipinski definition) is 3. The lowest BCUT2D eigenvalue weighted by molar-refractivity contribution is -0.140. The van der Waals surface area contributed by atoms with Crippen LogP contribution in [-0.4, -0.2) is 47.6 Å². The molecule has 1 aliphatic rings. The van der Waals surface area contributed by atoms with Gasteiger partial charge >= 0.3 is 5.97 Å². The molecule has 1 saturated heterocycles. The lowest BCUT2D eigenvalue weighted by Gasteiger charge is -2.32. The Morgan fingerprint density at radius 3 is 2.89 bits per heavy atom. The van der Waals surface area contributed by atoms with Crippen molar-refractivity contribution in [2.75, 3.05) is 19.6 Å². The van der Waals surface area contributed by atoms with Crippen molar-refractivity contribution in [3.05, 3.63) is 35.1 Å². The molecule has 0 aliphatic carbocycles. The molecular formula is C13H15FN2O3. The Kier molecular flexibility index (Phi) is 3.80. The molecule has 0 spiro atoms. The van der Waals surface area contributed by atoms with E-state index in [1.165, 1.54) is 17.0 Å². The minimum atomic E-state index is -0.992. The predicted molar refractivity (Wildman–Crippen MR) is 66.5 cm³/mol. The van der Waals surface area contributed by atoms with Gasteiger partial charge in [-0.05, 0) is 24.6 Å². The van der Waals surface area contributed by atoms with Crippen molar-refractivity contribution < 1.29 is 19.1 Å². The van der Waals surface area contributed by atoms with E-state index in [0.717, 1.165) is 0 Å². The van der Waals surface area contributed by atoms with E-state index in [4.69, 9.17) is 5.11 Å². The van der Waals surface area contributed by atoms with Crippen molar-refractivity contribution in [1.82, 2.24) is 10.2 Å². The van der Waals surface area contributed by atoms with Crippen LogP contribution in [0.4, 0.5) is 4.39 Å². The number of benzene rings is 1. The van der Waals surface area contributed by atoms with Crippen molar-refractivity contribution in [3.8, 4) is 0 Å². The molecule has 1 aliphatic heterocycles. The number of hydrogen-bond donors (Lipinski definition) is 2. The van der Waals surface area contributed by atoms with E-state index in [2.05, 4.69) is 5.32 Å². The Labute approximate surface area is 110 Å². The summed E-state index contributed by atoms with van der Waals surface area (Å²) in [5, 5.41) is 11.8. The summed E-state index contributed by atoms with van der Waals surface area (Å²) in [7, 11) is 0. The first kappa shape index (κ1) is 13.5. The summed E-state index contributed by atoms with van der Waals surface area (Å²) in [5.74, 6) is -1.79. The second-order valence-electron chi connectivity index (χ2n) is 4.56. The van der Waals surface area contributed by atoms with Crippen molar-refractivity contribution in [1.29, 1.82) is 0 Å². The van der Waals surface area contributed by atoms with Crippen molar-refractivity contribution in [2.45, 2.75) is 13.0 Å². The molecule has 2 rings (SSSR count). The molecule has 0 unspecified atom stereocenters. The van der Waals surface area contributed by atoms with Gasteiger partial charge in [-0.3, -0.25) is 9.59 Å². The van der Waals surface area contributed by atoms with Gasteiger partial charge in [0.1, 0.15) is 11.9 Å². The first-order valence-electron chi connectivity index (χ1n) is 6.00. The molecule has 1 fully saturated rings. The van der Waals surface area contributed by atoms with Gasteiger partial charge in [-0.1, -0.05) is 6.07 Å². The van der Waals surface area contributed by atoms with E-state index >= 15 is 0 Å². The number of carboxylic acids is 1. The quantitative estimate of drug-likeness (QED) is 0.824. The second-order valence-corrected chi connectivity index (χ2v) is 4.56. The Morgan fingerprint density at radius 1 is 1.47 bits per heavy atom. The van der Waals surface area contributed by atoms with Crippen LogP contribution < -0.4 is 5.32 Å². The zero-order valence-electron chi connectivity index (χ0n) is 10.5. The smallest absolute Gasteiger partial charge is 0.322 e. The van der Waals surface area contributed by atoms with E-state index < -0.39 is 17.8 Å². The van der Waals surface area contributed by atoms with Gasteiger partial charge in [-0.15, -0.1) is 0 Å². The number of nitrogens with zero attached hydrogens (tertiary/aromatic N) is 1. The summed E-state index contributed by atoms with van der Waals surface area (Å²) in [6, 6.07) is 3.25. The zero-order chi connectivity index (χ0) is 14.0. The summed E-state index contributed by atoms with van der Waals surface area (Å²) in [6.07, 6.45) is 0. The monoisotopic (exact) mass is 266 g/mol. The lowest BCUT2D eigenvalue weighted by Crippen LogP contribution is -2.55. The predicted octanol–water partition coefficient (Wildman–Crippen LogP) is 0.633. The van der Waals surface area contributed by atoms with Crippen molar-refractivity contribution >= 4 is 11.9 Å². The summed E-state index contributed by atoms with van der Waals surface area (Å²) in [6.45, 7) is 2.64. The van der Waals surface area contributed by atoms with Crippen LogP contribution in [0.15, 0.2) is 18.2 Å². The van der Waals surface area contributed by atoms with Gasteiger partial charge in [0.2, 0.25) is 0 Å². The van der Waals surface area contributed by atoms with Crippen LogP contribution in [0, 0.1) is 12.7 Å². The first-order chi connectivity index (χ1) is 8.99. The Morgan fingerprint density at radius 2 is 2.21 bits per heavy atom. The number of aliphatic carboxylic acids is 1. The molecule has 1 amide bonds. The van der Waals surface area contributed by atoms with Gasteiger partial charge in [0.25, 0.3) is 5.91 Å². The first-order valence-corrected chi connectivity index (χ1v) is 6.00. The van der Waals surface area contributed by atoms with Crippen LogP contribution in [0.25, 0.3) is 0 Å². The molecule has 1 heterocycles. The number of amides is 1. The highest BCUT2D eigenvalue weighted by molar-refractivity contribution is 5.96. The molecule has 5 nitrogen and oxygen atoms in total. The number of carbonyl (C=O) groups excluding carboxylic acids is 1. The molecule has 1 aromatic carbocycles. The molecule has 2 N–H and O–H groups in total. The summed E-state index contributed by atoms with van der Waals surface area (Å²) < 4.78 is 13.2. The second kappa shape index (κ2) is 5.36. The number of halogens is 1. The van der Waals surface area contributed by atoms with Gasteiger partial charge < -0.3 is 15.3 Å². The number of carboxylic acid groups (broad SMARTS) is 1. The van der Waals surface area contributed by atoms with Gasteiger partial charge in [0.15, 0.2) is 0 Å². The third kappa shape index (κ3) is 2.90. The number of aryl methyl sites for hydroxylation is 1. The Balaban J connectivity index is 2.19. The minimum Gasteiger partial charge on any atom is -0.480 e. The van der Waals surface area contributed by atoms with Gasteiger partial charge in [0, 0.05) is 25.2 Å². The fraction of sp³-hybridized carbons (Fsp3) is 0.385. The third-order valence-corrected chi connectivity index (χ3v) is 3.19. The standard InChI is InChI=1S/C13H15FN2O3/c1-8-2-3-9(14)6-10(8)12(17)16-5-4-15-11(7-16)13(18)19/h2-3,6,11,15H,4-5,7H2,1H3,(H,18,19)/t11-/m0/s1. The maximum absolute atomic E-state index is 13.2. The maximum atomic E-state index is 13.2. The zero-order valence-corrected chi connectivity index (χ0v) is 10.5. The fourth-order valence-corrected chi connectivity index (χ4v) is 2.09. The van der Waals surface area contributed by atoms with E-state index in [1.54, 1.807) is 13.0 Å². The SMILES string of the molecule is Cc1ccc(F)cc1C(=O)N1CCN[C@H](C(=O)O)C1. The van der Waals surface area contributed by atoms with Crippen LogP contribution in [0.1, 0.15) is 15.9 Å². The molecule has 1 atom stereocenters. The van der Waals surface area contributed by atoms with E-state index in [0.29, 0.717) is 18.7 Å². The third-order valence-electron chi connectivity index (χ3n) is 3.19. The highest BCUT2D eigenvalue weighted by Gasteiger charge is 2.28. The molecule has 0 aromatic heterocycles. The van der Waals surface area contributed by atoms with Crippen LogP contribution in [0.2, 0.25) is 0 Å². The Hall–Kier alpha value is -1.95. The van der Waals surface area contributed by atoms with E-state index in [9.17, 15) is 14.0 Å². The van der Waals surface area contributed by atoms with Crippen molar-refractivity contribution in [2.24, 2.45) is 0 Å². The van der Waals surface area contributed by atoms with Crippen LogP contribution in [-0.2, 0) is 4.79 Å².